The summed E-state index contributed by atoms with van der Waals surface area (Å²) in [6.07, 6.45) is 5.56. The lowest BCUT2D eigenvalue weighted by molar-refractivity contribution is -0.137. The van der Waals surface area contributed by atoms with Gasteiger partial charge in [-0.2, -0.15) is 0 Å². The van der Waals surface area contributed by atoms with Crippen molar-refractivity contribution >= 4 is 5.97 Å². The number of aliphatic carboxylic acids is 1. The minimum Gasteiger partial charge on any atom is -0.487 e. The molecule has 5 rings (SSSR count). The maximum Gasteiger partial charge on any atom is 0.304 e. The highest BCUT2D eigenvalue weighted by atomic mass is 16.5. The van der Waals surface area contributed by atoms with Crippen LogP contribution in [0.5, 0.6) is 5.75 Å². The number of fused-ring (bicyclic) bond motifs is 5. The standard InChI is InChI=1S/C25H27N3O4/c1-24(2)19-8-10-25(24,3)23-22(19)27-16(13-26-23)14-31-17-6-4-15(5-7-17)18(12-21(29)30)20-9-11-32-28-20/h4-7,9,11,13,18-19H,8,10,12,14H2,1-3H3,(H,29,30)/t18-,19?,25?/m0/s1. The third kappa shape index (κ3) is 3.18. The van der Waals surface area contributed by atoms with Crippen LogP contribution in [0.15, 0.2) is 47.3 Å². The highest BCUT2D eigenvalue weighted by molar-refractivity contribution is 5.68. The average molecular weight is 434 g/mol. The predicted molar refractivity (Wildman–Crippen MR) is 117 cm³/mol. The molecule has 2 aromatic heterocycles. The number of carbonyl (C=O) groups is 1. The summed E-state index contributed by atoms with van der Waals surface area (Å²) in [4.78, 5) is 21.0. The Bertz CT molecular complexity index is 1140. The lowest BCUT2D eigenvalue weighted by Crippen LogP contribution is -2.31. The van der Waals surface area contributed by atoms with Gasteiger partial charge in [0.25, 0.3) is 0 Å². The molecule has 166 valence electrons. The summed E-state index contributed by atoms with van der Waals surface area (Å²) in [5, 5.41) is 13.2. The van der Waals surface area contributed by atoms with Gasteiger partial charge in [0.05, 0.1) is 35.4 Å². The Kier molecular flexibility index (Phi) is 4.80. The fourth-order valence-corrected chi connectivity index (χ4v) is 5.51. The van der Waals surface area contributed by atoms with Gasteiger partial charge in [-0.3, -0.25) is 14.8 Å². The van der Waals surface area contributed by atoms with Gasteiger partial charge in [-0.15, -0.1) is 0 Å². The van der Waals surface area contributed by atoms with Crippen LogP contribution in [0.4, 0.5) is 0 Å². The number of carboxylic acid groups (broad SMARTS) is 1. The van der Waals surface area contributed by atoms with E-state index in [1.165, 1.54) is 19.1 Å². The lowest BCUT2D eigenvalue weighted by atomic mass is 9.70. The Labute approximate surface area is 186 Å². The zero-order valence-electron chi connectivity index (χ0n) is 18.5. The third-order valence-electron chi connectivity index (χ3n) is 7.79. The monoisotopic (exact) mass is 433 g/mol. The zero-order chi connectivity index (χ0) is 22.5. The van der Waals surface area contributed by atoms with Gasteiger partial charge in [0.2, 0.25) is 0 Å². The first-order chi connectivity index (χ1) is 15.3. The number of benzene rings is 1. The van der Waals surface area contributed by atoms with Crippen LogP contribution in [0.1, 0.15) is 80.2 Å². The lowest BCUT2D eigenvalue weighted by Gasteiger charge is -2.33. The molecule has 2 bridgehead atoms. The largest absolute Gasteiger partial charge is 0.487 e. The second kappa shape index (κ2) is 7.43. The van der Waals surface area contributed by atoms with Crippen LogP contribution in [0, 0.1) is 5.41 Å². The number of hydrogen-bond donors (Lipinski definition) is 1. The number of hydrogen-bond acceptors (Lipinski definition) is 6. The van der Waals surface area contributed by atoms with Gasteiger partial charge in [-0.1, -0.05) is 38.1 Å². The minimum atomic E-state index is -0.890. The van der Waals surface area contributed by atoms with Gasteiger partial charge in [-0.05, 0) is 36.0 Å². The molecule has 7 nitrogen and oxygen atoms in total. The smallest absolute Gasteiger partial charge is 0.304 e. The number of rotatable bonds is 7. The molecule has 32 heavy (non-hydrogen) atoms. The van der Waals surface area contributed by atoms with E-state index in [1.807, 2.05) is 30.5 Å². The van der Waals surface area contributed by atoms with E-state index in [0.717, 1.165) is 22.6 Å². The van der Waals surface area contributed by atoms with Crippen molar-refractivity contribution in [3.63, 3.8) is 0 Å². The van der Waals surface area contributed by atoms with E-state index in [2.05, 4.69) is 25.9 Å². The van der Waals surface area contributed by atoms with Gasteiger partial charge in [-0.25, -0.2) is 0 Å². The first-order valence-electron chi connectivity index (χ1n) is 11.0. The number of carboxylic acids is 1. The van der Waals surface area contributed by atoms with Gasteiger partial charge in [0.1, 0.15) is 18.6 Å². The van der Waals surface area contributed by atoms with E-state index in [-0.39, 0.29) is 23.2 Å². The second-order valence-corrected chi connectivity index (χ2v) is 9.67. The molecule has 2 aliphatic rings. The van der Waals surface area contributed by atoms with Crippen LogP contribution in [0.3, 0.4) is 0 Å². The van der Waals surface area contributed by atoms with E-state index in [1.54, 1.807) is 6.07 Å². The van der Waals surface area contributed by atoms with Crippen molar-refractivity contribution < 1.29 is 19.2 Å². The molecule has 0 saturated heterocycles. The first kappa shape index (κ1) is 20.7. The molecule has 2 heterocycles. The molecule has 3 aromatic rings. The molecule has 0 radical (unpaired) electrons. The van der Waals surface area contributed by atoms with Gasteiger partial charge < -0.3 is 14.4 Å². The summed E-state index contributed by atoms with van der Waals surface area (Å²) in [6.45, 7) is 7.33. The van der Waals surface area contributed by atoms with Crippen molar-refractivity contribution in [2.24, 2.45) is 5.41 Å². The van der Waals surface area contributed by atoms with E-state index < -0.39 is 5.97 Å². The SMILES string of the molecule is CC12CCC(c3nc(COc4ccc([C@H](CC(=O)O)c5ccon5)cc4)cnc31)C2(C)C. The Balaban J connectivity index is 1.30. The average Bonchev–Trinajstić information content (AvgIpc) is 3.42. The highest BCUT2D eigenvalue weighted by Gasteiger charge is 2.61. The molecule has 2 aliphatic carbocycles. The molecule has 0 aliphatic heterocycles. The Morgan fingerprint density at radius 2 is 2.03 bits per heavy atom. The van der Waals surface area contributed by atoms with Crippen molar-refractivity contribution in [2.75, 3.05) is 0 Å². The summed E-state index contributed by atoms with van der Waals surface area (Å²) < 4.78 is 10.9. The van der Waals surface area contributed by atoms with Gasteiger partial charge >= 0.3 is 5.97 Å². The molecular formula is C25H27N3O4. The predicted octanol–water partition coefficient (Wildman–Crippen LogP) is 4.83. The van der Waals surface area contributed by atoms with E-state index in [0.29, 0.717) is 24.0 Å². The van der Waals surface area contributed by atoms with Crippen LogP contribution in [-0.2, 0) is 16.8 Å². The molecule has 1 fully saturated rings. The molecule has 0 spiro atoms. The summed E-state index contributed by atoms with van der Waals surface area (Å²) in [7, 11) is 0. The molecular weight excluding hydrogens is 406 g/mol. The fourth-order valence-electron chi connectivity index (χ4n) is 5.51. The van der Waals surface area contributed by atoms with E-state index in [4.69, 9.17) is 19.2 Å². The van der Waals surface area contributed by atoms with E-state index in [9.17, 15) is 9.90 Å². The molecule has 1 saturated carbocycles. The number of aromatic nitrogens is 3. The topological polar surface area (TPSA) is 98.3 Å². The van der Waals surface area contributed by atoms with Crippen LogP contribution in [-0.4, -0.2) is 26.2 Å². The van der Waals surface area contributed by atoms with Gasteiger partial charge in [0.15, 0.2) is 0 Å². The maximum absolute atomic E-state index is 11.3. The van der Waals surface area contributed by atoms with Crippen molar-refractivity contribution in [1.82, 2.24) is 15.1 Å². The first-order valence-corrected chi connectivity index (χ1v) is 11.0. The number of nitrogens with zero attached hydrogens (tertiary/aromatic N) is 3. The quantitative estimate of drug-likeness (QED) is 0.570. The molecule has 7 heteroatoms. The summed E-state index contributed by atoms with van der Waals surface area (Å²) in [5.74, 6) is -0.113. The number of ether oxygens (including phenoxy) is 1. The van der Waals surface area contributed by atoms with Crippen LogP contribution < -0.4 is 4.74 Å². The highest BCUT2D eigenvalue weighted by Crippen LogP contribution is 2.66. The van der Waals surface area contributed by atoms with Crippen molar-refractivity contribution in [2.45, 2.75) is 63.9 Å². The third-order valence-corrected chi connectivity index (χ3v) is 7.79. The molecule has 1 aromatic carbocycles. The van der Waals surface area contributed by atoms with Crippen LogP contribution >= 0.6 is 0 Å². The normalized spacial score (nSPS) is 23.7. The Morgan fingerprint density at radius 1 is 1.25 bits per heavy atom. The zero-order valence-corrected chi connectivity index (χ0v) is 18.5. The molecule has 3 atom stereocenters. The summed E-state index contributed by atoms with van der Waals surface area (Å²) in [6, 6.07) is 9.12. The van der Waals surface area contributed by atoms with Crippen molar-refractivity contribution in [3.8, 4) is 5.75 Å². The molecule has 2 unspecified atom stereocenters. The summed E-state index contributed by atoms with van der Waals surface area (Å²) in [5.41, 5.74) is 4.85. The Hall–Kier alpha value is -3.22. The maximum atomic E-state index is 11.3. The van der Waals surface area contributed by atoms with Crippen molar-refractivity contribution in [1.29, 1.82) is 0 Å². The Morgan fingerprint density at radius 3 is 2.72 bits per heavy atom. The van der Waals surface area contributed by atoms with E-state index >= 15 is 0 Å². The molecule has 0 amide bonds. The van der Waals surface area contributed by atoms with Crippen LogP contribution in [0.25, 0.3) is 0 Å². The van der Waals surface area contributed by atoms with Crippen molar-refractivity contribution in [3.05, 3.63) is 71.1 Å². The molecule has 1 N–H and O–H groups in total. The fraction of sp³-hybridized carbons (Fsp3) is 0.440. The summed E-state index contributed by atoms with van der Waals surface area (Å²) >= 11 is 0. The van der Waals surface area contributed by atoms with Crippen LogP contribution in [0.2, 0.25) is 0 Å². The minimum absolute atomic E-state index is 0.0616. The second-order valence-electron chi connectivity index (χ2n) is 9.67. The van der Waals surface area contributed by atoms with Gasteiger partial charge in [0, 0.05) is 23.3 Å².